The van der Waals surface area contributed by atoms with Gasteiger partial charge in [-0.1, -0.05) is 41.9 Å². The van der Waals surface area contributed by atoms with Gasteiger partial charge in [-0.3, -0.25) is 0 Å². The predicted molar refractivity (Wildman–Crippen MR) is 109 cm³/mol. The molecule has 0 aliphatic rings. The Kier molecular flexibility index (Phi) is 6.28. The summed E-state index contributed by atoms with van der Waals surface area (Å²) in [4.78, 5) is 12.2. The van der Waals surface area contributed by atoms with Crippen LogP contribution in [-0.4, -0.2) is 13.1 Å². The van der Waals surface area contributed by atoms with E-state index in [0.717, 1.165) is 11.6 Å². The van der Waals surface area contributed by atoms with Gasteiger partial charge in [-0.2, -0.15) is 5.26 Å². The van der Waals surface area contributed by atoms with Crippen LogP contribution in [0.2, 0.25) is 5.02 Å². The van der Waals surface area contributed by atoms with E-state index in [0.29, 0.717) is 16.9 Å². The largest absolute Gasteiger partial charge is 0.496 e. The Balaban J connectivity index is 1.82. The van der Waals surface area contributed by atoms with Crippen molar-refractivity contribution < 1.29 is 18.7 Å². The Labute approximate surface area is 172 Å². The minimum absolute atomic E-state index is 0.0231. The molecule has 0 atom stereocenters. The Morgan fingerprint density at radius 2 is 1.79 bits per heavy atom. The zero-order valence-electron chi connectivity index (χ0n) is 15.4. The van der Waals surface area contributed by atoms with E-state index < -0.39 is 11.8 Å². The Bertz CT molecular complexity index is 1100. The molecule has 3 rings (SSSR count). The van der Waals surface area contributed by atoms with Crippen LogP contribution < -0.4 is 9.47 Å². The maximum absolute atomic E-state index is 13.8. The molecule has 0 spiro atoms. The SMILES string of the molecule is COc1ccccc1/C(C#N)=C\c1ccc(OC(=O)c2c(F)cccc2Cl)cc1. The summed E-state index contributed by atoms with van der Waals surface area (Å²) in [5.74, 6) is -0.824. The van der Waals surface area contributed by atoms with Crippen LogP contribution >= 0.6 is 11.6 Å². The van der Waals surface area contributed by atoms with Gasteiger partial charge in [-0.25, -0.2) is 9.18 Å². The second-order valence-electron chi connectivity index (χ2n) is 5.93. The maximum Gasteiger partial charge on any atom is 0.348 e. The third-order valence-electron chi connectivity index (χ3n) is 4.09. The van der Waals surface area contributed by atoms with Crippen molar-refractivity contribution in [1.29, 1.82) is 5.26 Å². The third-order valence-corrected chi connectivity index (χ3v) is 4.40. The van der Waals surface area contributed by atoms with Crippen LogP contribution in [0.3, 0.4) is 0 Å². The Hall–Kier alpha value is -3.62. The van der Waals surface area contributed by atoms with E-state index in [4.69, 9.17) is 21.1 Å². The highest BCUT2D eigenvalue weighted by molar-refractivity contribution is 6.33. The first-order valence-electron chi connectivity index (χ1n) is 8.55. The highest BCUT2D eigenvalue weighted by Crippen LogP contribution is 2.28. The number of halogens is 2. The quantitative estimate of drug-likeness (QED) is 0.233. The first-order valence-corrected chi connectivity index (χ1v) is 8.92. The molecule has 3 aromatic carbocycles. The van der Waals surface area contributed by atoms with Crippen LogP contribution in [0.1, 0.15) is 21.5 Å². The fraction of sp³-hybridized carbons (Fsp3) is 0.0435. The number of nitriles is 1. The van der Waals surface area contributed by atoms with E-state index in [1.54, 1.807) is 49.6 Å². The van der Waals surface area contributed by atoms with Crippen molar-refractivity contribution in [1.82, 2.24) is 0 Å². The first-order chi connectivity index (χ1) is 14.0. The minimum atomic E-state index is -0.886. The van der Waals surface area contributed by atoms with Gasteiger partial charge in [0.1, 0.15) is 22.9 Å². The highest BCUT2D eigenvalue weighted by Gasteiger charge is 2.18. The maximum atomic E-state index is 13.8. The van der Waals surface area contributed by atoms with Gasteiger partial charge in [0.2, 0.25) is 0 Å². The van der Waals surface area contributed by atoms with Gasteiger partial charge in [0, 0.05) is 5.56 Å². The van der Waals surface area contributed by atoms with Crippen molar-refractivity contribution in [2.24, 2.45) is 0 Å². The lowest BCUT2D eigenvalue weighted by atomic mass is 10.0. The molecule has 0 amide bonds. The molecule has 0 aromatic heterocycles. The van der Waals surface area contributed by atoms with Crippen LogP contribution in [0.15, 0.2) is 66.7 Å². The molecule has 0 fully saturated rings. The van der Waals surface area contributed by atoms with Gasteiger partial charge >= 0.3 is 5.97 Å². The van der Waals surface area contributed by atoms with Gasteiger partial charge < -0.3 is 9.47 Å². The number of methoxy groups -OCH3 is 1. The number of ether oxygens (including phenoxy) is 2. The number of rotatable bonds is 5. The predicted octanol–water partition coefficient (Wildman–Crippen LogP) is 5.77. The highest BCUT2D eigenvalue weighted by atomic mass is 35.5. The smallest absolute Gasteiger partial charge is 0.348 e. The summed E-state index contributed by atoms with van der Waals surface area (Å²) >= 11 is 5.88. The molecule has 144 valence electrons. The molecule has 0 bridgehead atoms. The number of benzene rings is 3. The number of carbonyl (C=O) groups excluding carboxylic acids is 1. The average molecular weight is 408 g/mol. The summed E-state index contributed by atoms with van der Waals surface area (Å²) in [6, 6.07) is 19.8. The topological polar surface area (TPSA) is 59.3 Å². The molecule has 0 N–H and O–H groups in total. The number of allylic oxidation sites excluding steroid dienone is 1. The van der Waals surface area contributed by atoms with Crippen LogP contribution in [0.25, 0.3) is 11.6 Å². The molecule has 0 aliphatic heterocycles. The van der Waals surface area contributed by atoms with Crippen LogP contribution in [0, 0.1) is 17.1 Å². The Morgan fingerprint density at radius 1 is 1.07 bits per heavy atom. The van der Waals surface area contributed by atoms with Crippen LogP contribution in [0.4, 0.5) is 4.39 Å². The number of nitrogens with zero attached hydrogens (tertiary/aromatic N) is 1. The lowest BCUT2D eigenvalue weighted by Gasteiger charge is -2.08. The van der Waals surface area contributed by atoms with Crippen molar-refractivity contribution in [2.45, 2.75) is 0 Å². The number of para-hydroxylation sites is 1. The van der Waals surface area contributed by atoms with E-state index in [-0.39, 0.29) is 16.3 Å². The second kappa shape index (κ2) is 9.05. The molecule has 0 unspecified atom stereocenters. The fourth-order valence-electron chi connectivity index (χ4n) is 2.69. The van der Waals surface area contributed by atoms with Crippen LogP contribution in [0.5, 0.6) is 11.5 Å². The lowest BCUT2D eigenvalue weighted by Crippen LogP contribution is -2.11. The van der Waals surface area contributed by atoms with E-state index in [1.165, 1.54) is 12.1 Å². The molecule has 3 aromatic rings. The molecule has 0 radical (unpaired) electrons. The lowest BCUT2D eigenvalue weighted by molar-refractivity contribution is 0.0730. The van der Waals surface area contributed by atoms with E-state index in [9.17, 15) is 14.4 Å². The summed E-state index contributed by atoms with van der Waals surface area (Å²) in [5.41, 5.74) is 1.49. The molecule has 0 heterocycles. The summed E-state index contributed by atoms with van der Waals surface area (Å²) in [6.07, 6.45) is 1.69. The summed E-state index contributed by atoms with van der Waals surface area (Å²) in [5, 5.41) is 9.50. The van der Waals surface area contributed by atoms with Crippen LogP contribution in [-0.2, 0) is 0 Å². The van der Waals surface area contributed by atoms with E-state index >= 15 is 0 Å². The first kappa shape index (κ1) is 20.1. The van der Waals surface area contributed by atoms with Crippen molar-refractivity contribution >= 4 is 29.2 Å². The molecule has 6 heteroatoms. The Morgan fingerprint density at radius 3 is 2.45 bits per heavy atom. The molecule has 0 saturated heterocycles. The van der Waals surface area contributed by atoms with Crippen molar-refractivity contribution in [3.05, 3.63) is 94.3 Å². The second-order valence-corrected chi connectivity index (χ2v) is 6.33. The molecule has 0 aliphatic carbocycles. The van der Waals surface area contributed by atoms with Crippen molar-refractivity contribution in [3.8, 4) is 17.6 Å². The zero-order chi connectivity index (χ0) is 20.8. The molecule has 29 heavy (non-hydrogen) atoms. The summed E-state index contributed by atoms with van der Waals surface area (Å²) in [7, 11) is 1.54. The van der Waals surface area contributed by atoms with Gasteiger partial charge in [-0.15, -0.1) is 0 Å². The zero-order valence-corrected chi connectivity index (χ0v) is 16.1. The number of hydrogen-bond donors (Lipinski definition) is 0. The number of hydrogen-bond acceptors (Lipinski definition) is 4. The molecular weight excluding hydrogens is 393 g/mol. The van der Waals surface area contributed by atoms with Gasteiger partial charge in [0.05, 0.1) is 23.8 Å². The van der Waals surface area contributed by atoms with E-state index in [2.05, 4.69) is 6.07 Å². The average Bonchev–Trinajstić information content (AvgIpc) is 2.73. The summed E-state index contributed by atoms with van der Waals surface area (Å²) < 4.78 is 24.3. The number of esters is 1. The van der Waals surface area contributed by atoms with Gasteiger partial charge in [0.25, 0.3) is 0 Å². The van der Waals surface area contributed by atoms with Gasteiger partial charge in [0.15, 0.2) is 0 Å². The molecular formula is C23H15ClFNO3. The monoisotopic (exact) mass is 407 g/mol. The molecule has 4 nitrogen and oxygen atoms in total. The van der Waals surface area contributed by atoms with Gasteiger partial charge in [-0.05, 0) is 48.0 Å². The van der Waals surface area contributed by atoms with Crippen molar-refractivity contribution in [3.63, 3.8) is 0 Å². The van der Waals surface area contributed by atoms with E-state index in [1.807, 2.05) is 12.1 Å². The third kappa shape index (κ3) is 4.63. The summed E-state index contributed by atoms with van der Waals surface area (Å²) in [6.45, 7) is 0. The minimum Gasteiger partial charge on any atom is -0.496 e. The normalized spacial score (nSPS) is 10.9. The number of carbonyl (C=O) groups is 1. The van der Waals surface area contributed by atoms with Crippen molar-refractivity contribution in [2.75, 3.05) is 7.11 Å². The standard InChI is InChI=1S/C23H15ClFNO3/c1-28-21-8-3-2-5-18(21)16(14-26)13-15-9-11-17(12-10-15)29-23(27)22-19(24)6-4-7-20(22)25/h2-13H,1H3/b16-13-. The fourth-order valence-corrected chi connectivity index (χ4v) is 2.93. The molecule has 0 saturated carbocycles.